The van der Waals surface area contributed by atoms with E-state index in [2.05, 4.69) is 10.3 Å². The summed E-state index contributed by atoms with van der Waals surface area (Å²) in [5, 5.41) is 10.9. The van der Waals surface area contributed by atoms with Crippen LogP contribution in [0.2, 0.25) is 0 Å². The molecule has 0 aliphatic carbocycles. The number of pyridine rings is 1. The highest BCUT2D eigenvalue weighted by atomic mass is 16.4. The van der Waals surface area contributed by atoms with Gasteiger partial charge in [-0.15, -0.1) is 0 Å². The van der Waals surface area contributed by atoms with E-state index in [-0.39, 0.29) is 25.3 Å². The van der Waals surface area contributed by atoms with Gasteiger partial charge in [-0.25, -0.2) is 0 Å². The Morgan fingerprint density at radius 1 is 1.44 bits per heavy atom. The molecule has 0 spiro atoms. The van der Waals surface area contributed by atoms with Crippen LogP contribution in [0.25, 0.3) is 0 Å². The van der Waals surface area contributed by atoms with E-state index < -0.39 is 5.97 Å². The van der Waals surface area contributed by atoms with Gasteiger partial charge in [-0.05, 0) is 18.6 Å². The zero-order valence-corrected chi connectivity index (χ0v) is 9.06. The number of rotatable bonds is 5. The van der Waals surface area contributed by atoms with Gasteiger partial charge in [0.2, 0.25) is 5.91 Å². The maximum Gasteiger partial charge on any atom is 0.305 e. The van der Waals surface area contributed by atoms with Gasteiger partial charge >= 0.3 is 5.97 Å². The van der Waals surface area contributed by atoms with Crippen LogP contribution in [0.1, 0.15) is 17.7 Å². The van der Waals surface area contributed by atoms with Crippen LogP contribution in [0.5, 0.6) is 0 Å². The summed E-state index contributed by atoms with van der Waals surface area (Å²) in [6, 6.07) is 3.67. The Balaban J connectivity index is 2.34. The van der Waals surface area contributed by atoms with Crippen molar-refractivity contribution >= 4 is 11.9 Å². The molecule has 2 N–H and O–H groups in total. The van der Waals surface area contributed by atoms with E-state index in [0.717, 1.165) is 11.3 Å². The Morgan fingerprint density at radius 2 is 2.19 bits per heavy atom. The molecule has 0 saturated heterocycles. The van der Waals surface area contributed by atoms with Crippen molar-refractivity contribution in [2.75, 3.05) is 6.54 Å². The molecule has 0 aliphatic heterocycles. The number of carbonyl (C=O) groups excluding carboxylic acids is 1. The average molecular weight is 222 g/mol. The molecular formula is C11H14N2O3. The van der Waals surface area contributed by atoms with Gasteiger partial charge in [-0.2, -0.15) is 0 Å². The summed E-state index contributed by atoms with van der Waals surface area (Å²) in [5.74, 6) is -1.11. The Labute approximate surface area is 93.5 Å². The van der Waals surface area contributed by atoms with Gasteiger partial charge in [-0.3, -0.25) is 14.6 Å². The van der Waals surface area contributed by atoms with Crippen molar-refractivity contribution in [2.24, 2.45) is 0 Å². The maximum absolute atomic E-state index is 11.3. The molecule has 5 heteroatoms. The van der Waals surface area contributed by atoms with Crippen molar-refractivity contribution in [3.8, 4) is 0 Å². The molecule has 86 valence electrons. The molecule has 5 nitrogen and oxygen atoms in total. The predicted octanol–water partition coefficient (Wildman–Crippen LogP) is 0.523. The number of aryl methyl sites for hydroxylation is 1. The quantitative estimate of drug-likeness (QED) is 0.761. The van der Waals surface area contributed by atoms with Crippen LogP contribution in [0.3, 0.4) is 0 Å². The summed E-state index contributed by atoms with van der Waals surface area (Å²) >= 11 is 0. The van der Waals surface area contributed by atoms with Crippen molar-refractivity contribution in [1.29, 1.82) is 0 Å². The lowest BCUT2D eigenvalue weighted by Crippen LogP contribution is -2.27. The largest absolute Gasteiger partial charge is 0.481 e. The van der Waals surface area contributed by atoms with Crippen molar-refractivity contribution in [3.05, 3.63) is 29.6 Å². The van der Waals surface area contributed by atoms with Crippen LogP contribution in [-0.2, 0) is 16.0 Å². The van der Waals surface area contributed by atoms with E-state index in [1.165, 1.54) is 0 Å². The minimum atomic E-state index is -0.919. The molecule has 1 aromatic heterocycles. The van der Waals surface area contributed by atoms with E-state index >= 15 is 0 Å². The van der Waals surface area contributed by atoms with Crippen LogP contribution in [0, 0.1) is 6.92 Å². The first kappa shape index (κ1) is 12.2. The van der Waals surface area contributed by atoms with Gasteiger partial charge in [0.25, 0.3) is 0 Å². The molecule has 0 atom stereocenters. The minimum Gasteiger partial charge on any atom is -0.481 e. The van der Waals surface area contributed by atoms with Gasteiger partial charge < -0.3 is 10.4 Å². The first-order valence-corrected chi connectivity index (χ1v) is 4.98. The molecule has 0 saturated carbocycles. The lowest BCUT2D eigenvalue weighted by atomic mass is 10.2. The highest BCUT2D eigenvalue weighted by Crippen LogP contribution is 1.99. The van der Waals surface area contributed by atoms with Crippen LogP contribution >= 0.6 is 0 Å². The highest BCUT2D eigenvalue weighted by molar-refractivity contribution is 5.79. The second-order valence-corrected chi connectivity index (χ2v) is 3.48. The smallest absolute Gasteiger partial charge is 0.305 e. The van der Waals surface area contributed by atoms with Crippen LogP contribution in [0.15, 0.2) is 18.3 Å². The summed E-state index contributed by atoms with van der Waals surface area (Å²) in [6.45, 7) is 2.03. The third-order valence-electron chi connectivity index (χ3n) is 2.00. The topological polar surface area (TPSA) is 79.3 Å². The number of nitrogens with zero attached hydrogens (tertiary/aromatic N) is 1. The number of hydrogen-bond acceptors (Lipinski definition) is 3. The fourth-order valence-corrected chi connectivity index (χ4v) is 1.16. The molecule has 0 aliphatic rings. The highest BCUT2D eigenvalue weighted by Gasteiger charge is 2.04. The second kappa shape index (κ2) is 5.85. The molecule has 16 heavy (non-hydrogen) atoms. The van der Waals surface area contributed by atoms with E-state index in [0.29, 0.717) is 0 Å². The Morgan fingerprint density at radius 3 is 2.75 bits per heavy atom. The first-order chi connectivity index (χ1) is 7.58. The number of aromatic nitrogens is 1. The molecule has 0 unspecified atom stereocenters. The monoisotopic (exact) mass is 222 g/mol. The summed E-state index contributed by atoms with van der Waals surface area (Å²) in [6.07, 6.45) is 1.82. The number of nitrogens with one attached hydrogen (secondary N) is 1. The number of carbonyl (C=O) groups is 2. The zero-order valence-electron chi connectivity index (χ0n) is 9.06. The summed E-state index contributed by atoms with van der Waals surface area (Å²) in [7, 11) is 0. The molecule has 0 fully saturated rings. The Bertz CT molecular complexity index is 373. The molecule has 1 rings (SSSR count). The molecule has 1 aromatic rings. The lowest BCUT2D eigenvalue weighted by Gasteiger charge is -2.03. The normalized spacial score (nSPS) is 9.81. The van der Waals surface area contributed by atoms with Crippen molar-refractivity contribution in [1.82, 2.24) is 10.3 Å². The predicted molar refractivity (Wildman–Crippen MR) is 57.9 cm³/mol. The number of amides is 1. The van der Waals surface area contributed by atoms with Gasteiger partial charge in [0.05, 0.1) is 12.8 Å². The summed E-state index contributed by atoms with van der Waals surface area (Å²) in [4.78, 5) is 25.6. The van der Waals surface area contributed by atoms with E-state index in [4.69, 9.17) is 5.11 Å². The van der Waals surface area contributed by atoms with Crippen LogP contribution in [0.4, 0.5) is 0 Å². The third kappa shape index (κ3) is 4.54. The lowest BCUT2D eigenvalue weighted by molar-refractivity contribution is -0.136. The first-order valence-electron chi connectivity index (χ1n) is 4.98. The molecule has 1 heterocycles. The Hall–Kier alpha value is -1.91. The van der Waals surface area contributed by atoms with Crippen molar-refractivity contribution < 1.29 is 14.7 Å². The zero-order chi connectivity index (χ0) is 12.0. The maximum atomic E-state index is 11.3. The molecule has 0 aromatic carbocycles. The number of hydrogen-bond donors (Lipinski definition) is 2. The van der Waals surface area contributed by atoms with Gasteiger partial charge in [0, 0.05) is 18.4 Å². The molecule has 0 radical (unpaired) electrons. The van der Waals surface area contributed by atoms with Gasteiger partial charge in [0.15, 0.2) is 0 Å². The van der Waals surface area contributed by atoms with Gasteiger partial charge in [-0.1, -0.05) is 6.07 Å². The Kier molecular flexibility index (Phi) is 4.44. The average Bonchev–Trinajstić information content (AvgIpc) is 2.21. The SMILES string of the molecule is Cc1ccc(CC(=O)NCCC(=O)O)cn1. The van der Waals surface area contributed by atoms with E-state index in [1.807, 2.05) is 19.1 Å². The van der Waals surface area contributed by atoms with E-state index in [9.17, 15) is 9.59 Å². The van der Waals surface area contributed by atoms with Crippen LogP contribution in [-0.4, -0.2) is 28.5 Å². The van der Waals surface area contributed by atoms with Crippen molar-refractivity contribution in [3.63, 3.8) is 0 Å². The standard InChI is InChI=1S/C11H14N2O3/c1-8-2-3-9(7-13-8)6-10(14)12-5-4-11(15)16/h2-3,7H,4-6H2,1H3,(H,12,14)(H,15,16). The number of aliphatic carboxylic acids is 1. The number of carboxylic acids is 1. The number of carboxylic acid groups (broad SMARTS) is 1. The fraction of sp³-hybridized carbons (Fsp3) is 0.364. The molecular weight excluding hydrogens is 208 g/mol. The second-order valence-electron chi connectivity index (χ2n) is 3.48. The van der Waals surface area contributed by atoms with E-state index in [1.54, 1.807) is 6.20 Å². The van der Waals surface area contributed by atoms with Gasteiger partial charge in [0.1, 0.15) is 0 Å². The summed E-state index contributed by atoms with van der Waals surface area (Å²) < 4.78 is 0. The van der Waals surface area contributed by atoms with Crippen molar-refractivity contribution in [2.45, 2.75) is 19.8 Å². The third-order valence-corrected chi connectivity index (χ3v) is 2.00. The molecule has 0 bridgehead atoms. The van der Waals surface area contributed by atoms with Crippen LogP contribution < -0.4 is 5.32 Å². The summed E-state index contributed by atoms with van der Waals surface area (Å²) in [5.41, 5.74) is 1.72. The minimum absolute atomic E-state index is 0.0577. The fourth-order valence-electron chi connectivity index (χ4n) is 1.16. The molecule has 1 amide bonds.